The molecule has 0 unspecified atom stereocenters. The molecule has 0 atom stereocenters. The highest BCUT2D eigenvalue weighted by molar-refractivity contribution is 5.69. The number of carboxylic acid groups (broad SMARTS) is 1. The van der Waals surface area contributed by atoms with Gasteiger partial charge in [0.15, 0.2) is 11.7 Å². The largest absolute Gasteiger partial charge is 0.501 e. The van der Waals surface area contributed by atoms with Gasteiger partial charge in [-0.3, -0.25) is 9.68 Å². The first-order chi connectivity index (χ1) is 64.2. The monoisotopic (exact) mass is 1920 g/mol. The first kappa shape index (κ1) is 162. The second kappa shape index (κ2) is 136. The number of nitrogens with one attached hydrogen (secondary N) is 6. The highest BCUT2D eigenvalue weighted by Crippen LogP contribution is 2.32. The average Bonchev–Trinajstić information content (AvgIpc) is 0.787. The number of hydrogen-bond acceptors (Lipinski definition) is 23. The van der Waals surface area contributed by atoms with Crippen LogP contribution in [-0.4, -0.2) is 348 Å². The topological polar surface area (TPSA) is 220 Å². The Labute approximate surface area is 844 Å². The minimum Gasteiger partial charge on any atom is -0.501 e. The van der Waals surface area contributed by atoms with Crippen LogP contribution >= 0.6 is 0 Å². The van der Waals surface area contributed by atoms with Crippen LogP contribution in [0.25, 0.3) is 0 Å². The number of rotatable bonds is 39. The smallest absolute Gasteiger partial charge is 0.310 e. The number of nitrogens with zero attached hydrogens (tertiary/aromatic N) is 8. The summed E-state index contributed by atoms with van der Waals surface area (Å²) in [6, 6.07) is 30.9. The number of aliphatic carboxylic acids is 1. The number of ether oxygens (including phenoxy) is 6. The van der Waals surface area contributed by atoms with Crippen molar-refractivity contribution in [2.24, 2.45) is 0 Å². The maximum Gasteiger partial charge on any atom is 0.310 e. The highest BCUT2D eigenvalue weighted by Gasteiger charge is 2.32. The summed E-state index contributed by atoms with van der Waals surface area (Å²) >= 11 is 0. The van der Waals surface area contributed by atoms with Gasteiger partial charge in [-0.25, -0.2) is 0 Å². The van der Waals surface area contributed by atoms with Gasteiger partial charge in [0.2, 0.25) is 0 Å². The highest BCUT2D eigenvalue weighted by atomic mass is 17.1. The summed E-state index contributed by atoms with van der Waals surface area (Å²) in [5.74, 6) is 20.5. The molecule has 0 amide bonds. The van der Waals surface area contributed by atoms with Crippen molar-refractivity contribution in [3.8, 4) is 84.5 Å². The number of hydrogen-bond donors (Lipinski definition) is 8. The molecular formula is C112H218N14O10. The molecule has 0 aliphatic heterocycles. The quantitative estimate of drug-likeness (QED) is 0.00875. The standard InChI is InChI=1S/C16H14O3.C9H21N.C8H11N.2C7H17NO.2C7H17N.2C7H4O.2C6H16N2.2C5H13N.C5H8O3.2C3H9N.2C2H6/c1-18-16(12-13-19-17,14-8-4-2-5-9-14)15-10-6-3-7-11-15;1-3-4-5-6-7-8-9-10-2;1-9-7-8-5-3-2-4-6-8;1-7(2,3)8-5-6-9-4;1-3-4-5-8-6-7-9-2;1-6(2)8(5)7(3)4;3*1-3-4-5-6-7-8-2;2*1-7(2)5-6-8(3)4;1-5(2,3)6-4;1-4-6(3)5-2;1-4(8-2)3-5(6)7;2*1-4(2)3;2*1-2/h2-11,17H,1H3;10H,3-9H2,1-2H3;2-6,9H,7H2,1H3;8H,5-6H2,1-4H3;8H,3-7H2,1-2H3;6-7H,1-5H3;8H,3-7H2,1-2H3;2*1H,2H3;2*5-6H2,1-4H3;6H,1-4H3;4-5H2,1-3H3;1,3H2,2H3,(H,6,7);2*1-3H3;2*1-2H3. The summed E-state index contributed by atoms with van der Waals surface area (Å²) < 4.78 is 28.6. The number of likely N-dealkylation sites (N-methyl/N-ethyl adjacent to an activating group) is 4. The molecule has 0 saturated heterocycles. The van der Waals surface area contributed by atoms with Gasteiger partial charge in [0.25, 0.3) is 0 Å². The molecule has 796 valence electrons. The SMILES string of the molecule is C#CC#CC#COC.C#CC#CC#COC.C=C(CC(=O)O)OC.CC.CC.CC(C)N(C)C(C)C.CCCCCCCCNC.CCCCCCNC.CCCCNCCOC.CCN(C)CC.CN(C)C.CN(C)C.CN(C)CCN(C)C.CN(C)CCN(C)C.CNC(C)(C)C.CNCc1ccccc1.COC(C#COO)(c1ccccc1)c1ccccc1.COCCNC(C)(C)C. The summed E-state index contributed by atoms with van der Waals surface area (Å²) in [7, 11) is 50.2. The van der Waals surface area contributed by atoms with E-state index in [-0.39, 0.29) is 17.7 Å². The van der Waals surface area contributed by atoms with Crippen molar-refractivity contribution in [2.75, 3.05) is 269 Å². The van der Waals surface area contributed by atoms with E-state index in [4.69, 9.17) is 37.4 Å². The third-order valence-corrected chi connectivity index (χ3v) is 16.2. The van der Waals surface area contributed by atoms with E-state index in [1.807, 2.05) is 187 Å². The van der Waals surface area contributed by atoms with Crippen molar-refractivity contribution < 1.29 is 48.5 Å². The molecule has 24 heteroatoms. The lowest BCUT2D eigenvalue weighted by Gasteiger charge is -2.27. The van der Waals surface area contributed by atoms with E-state index in [1.165, 1.54) is 117 Å². The van der Waals surface area contributed by atoms with Crippen LogP contribution in [-0.2, 0) is 50.2 Å². The van der Waals surface area contributed by atoms with E-state index in [0.717, 1.165) is 89.8 Å². The number of benzene rings is 3. The van der Waals surface area contributed by atoms with E-state index in [0.29, 0.717) is 17.6 Å². The number of carbonyl (C=O) groups is 1. The Bertz CT molecular complexity index is 3030. The lowest BCUT2D eigenvalue weighted by atomic mass is 9.87. The molecule has 3 aromatic carbocycles. The van der Waals surface area contributed by atoms with E-state index < -0.39 is 11.6 Å². The zero-order valence-corrected chi connectivity index (χ0v) is 96.5. The van der Waals surface area contributed by atoms with Crippen molar-refractivity contribution in [1.82, 2.24) is 71.1 Å². The van der Waals surface area contributed by atoms with E-state index in [2.05, 4.69) is 345 Å². The lowest BCUT2D eigenvalue weighted by molar-refractivity contribution is -0.172. The van der Waals surface area contributed by atoms with Gasteiger partial charge in [-0.2, -0.15) is 5.26 Å². The Morgan fingerprint density at radius 3 is 1.01 bits per heavy atom. The third-order valence-electron chi connectivity index (χ3n) is 16.2. The summed E-state index contributed by atoms with van der Waals surface area (Å²) in [6.45, 7) is 58.8. The molecule has 24 nitrogen and oxygen atoms in total. The minimum atomic E-state index is -0.967. The molecule has 8 N–H and O–H groups in total. The van der Waals surface area contributed by atoms with Crippen LogP contribution in [0.15, 0.2) is 103 Å². The molecule has 0 aromatic heterocycles. The molecule has 3 rings (SSSR count). The molecule has 136 heavy (non-hydrogen) atoms. The Balaban J connectivity index is -0.0000000893. The van der Waals surface area contributed by atoms with E-state index in [1.54, 1.807) is 21.3 Å². The van der Waals surface area contributed by atoms with Crippen LogP contribution in [0.3, 0.4) is 0 Å². The predicted molar refractivity (Wildman–Crippen MR) is 599 cm³/mol. The second-order valence-corrected chi connectivity index (χ2v) is 34.0. The zero-order valence-electron chi connectivity index (χ0n) is 96.5. The average molecular weight is 1920 g/mol. The van der Waals surface area contributed by atoms with Crippen molar-refractivity contribution in [1.29, 1.82) is 0 Å². The van der Waals surface area contributed by atoms with Crippen LogP contribution in [0.2, 0.25) is 0 Å². The zero-order chi connectivity index (χ0) is 109. The Morgan fingerprint density at radius 2 is 0.779 bits per heavy atom. The molecular weight excluding hydrogens is 1700 g/mol. The molecule has 0 saturated carbocycles. The Hall–Kier alpha value is -7.73. The van der Waals surface area contributed by atoms with Crippen molar-refractivity contribution >= 4 is 5.97 Å². The van der Waals surface area contributed by atoms with Gasteiger partial charge in [0.05, 0.1) is 40.3 Å². The van der Waals surface area contributed by atoms with Gasteiger partial charge in [-0.15, -0.1) is 12.8 Å². The number of methoxy groups -OCH3 is 6. The number of unbranched alkanes of at least 4 members (excludes halogenated alkanes) is 9. The van der Waals surface area contributed by atoms with Gasteiger partial charge in [-0.1, -0.05) is 218 Å². The molecule has 0 spiro atoms. The van der Waals surface area contributed by atoms with Gasteiger partial charge >= 0.3 is 5.97 Å². The van der Waals surface area contributed by atoms with Crippen molar-refractivity contribution in [3.05, 3.63) is 120 Å². The first-order valence-electron chi connectivity index (χ1n) is 48.4. The van der Waals surface area contributed by atoms with Crippen LogP contribution in [0.5, 0.6) is 0 Å². The summed E-state index contributed by atoms with van der Waals surface area (Å²) in [5.41, 5.74) is 2.62. The summed E-state index contributed by atoms with van der Waals surface area (Å²) in [5, 5.41) is 35.6. The summed E-state index contributed by atoms with van der Waals surface area (Å²) in [4.78, 5) is 31.0. The van der Waals surface area contributed by atoms with E-state index in [9.17, 15) is 4.79 Å². The Morgan fingerprint density at radius 1 is 0.449 bits per heavy atom. The Kier molecular flexibility index (Phi) is 162. The molecule has 0 fully saturated rings. The first-order valence-corrected chi connectivity index (χ1v) is 48.4. The van der Waals surface area contributed by atoms with E-state index >= 15 is 0 Å². The molecule has 0 aliphatic carbocycles. The van der Waals surface area contributed by atoms with Gasteiger partial charge in [0.1, 0.15) is 18.6 Å². The fourth-order valence-corrected chi connectivity index (χ4v) is 7.93. The summed E-state index contributed by atoms with van der Waals surface area (Å²) in [6.07, 6.45) is 32.5. The second-order valence-electron chi connectivity index (χ2n) is 34.0. The van der Waals surface area contributed by atoms with Crippen molar-refractivity contribution in [3.63, 3.8) is 0 Å². The minimum absolute atomic E-state index is 0.115. The van der Waals surface area contributed by atoms with Gasteiger partial charge in [-0.05, 0) is 297 Å². The normalized spacial score (nSPS) is 9.43. The fourth-order valence-electron chi connectivity index (χ4n) is 7.93. The predicted octanol–water partition coefficient (Wildman–Crippen LogP) is 18.2. The molecule has 0 aliphatic rings. The van der Waals surface area contributed by atoms with Crippen LogP contribution in [0.4, 0.5) is 0 Å². The number of terminal acetylenes is 2. The van der Waals surface area contributed by atoms with Gasteiger partial charge < -0.3 is 105 Å². The van der Waals surface area contributed by atoms with Crippen molar-refractivity contribution in [2.45, 2.75) is 250 Å². The molecule has 0 bridgehead atoms. The lowest BCUT2D eigenvalue weighted by Crippen LogP contribution is -2.37. The fraction of sp³-hybridized carbons (Fsp3) is 0.688. The molecule has 3 aromatic rings. The van der Waals surface area contributed by atoms with Crippen LogP contribution in [0.1, 0.15) is 232 Å². The third kappa shape index (κ3) is 182. The maximum atomic E-state index is 9.83. The maximum absolute atomic E-state index is 9.83. The molecule has 0 heterocycles. The molecule has 0 radical (unpaired) electrons. The number of carboxylic acids is 1. The van der Waals surface area contributed by atoms with Gasteiger partial charge in [0, 0.05) is 125 Å². The van der Waals surface area contributed by atoms with Crippen LogP contribution in [0, 0.1) is 84.5 Å². The van der Waals surface area contributed by atoms with Crippen LogP contribution < -0.4 is 31.9 Å².